The predicted molar refractivity (Wildman–Crippen MR) is 106 cm³/mol. The minimum absolute atomic E-state index is 0.600. The highest BCUT2D eigenvalue weighted by Crippen LogP contribution is 2.33. The van der Waals surface area contributed by atoms with Crippen molar-refractivity contribution in [1.82, 2.24) is 4.98 Å². The summed E-state index contributed by atoms with van der Waals surface area (Å²) in [6.07, 6.45) is 2.69. The Balaban J connectivity index is 1.62. The van der Waals surface area contributed by atoms with Gasteiger partial charge in [0.15, 0.2) is 0 Å². The molecule has 0 aliphatic heterocycles. The second-order valence-corrected chi connectivity index (χ2v) is 7.03. The third-order valence-electron chi connectivity index (χ3n) is 4.85. The molecule has 0 spiro atoms. The number of anilines is 1. The van der Waals surface area contributed by atoms with Gasteiger partial charge in [-0.25, -0.2) is 0 Å². The van der Waals surface area contributed by atoms with Gasteiger partial charge in [0, 0.05) is 24.7 Å². The molecule has 4 rings (SSSR count). The summed E-state index contributed by atoms with van der Waals surface area (Å²) in [4.78, 5) is 3.60. The lowest BCUT2D eigenvalue weighted by atomic mass is 10.1. The SMILES string of the molecule is COCCOCc1cc(NCC2CC2)c2[nH]c(-c3ccccc3)cc2c1. The molecule has 1 aliphatic carbocycles. The zero-order chi connectivity index (χ0) is 17.8. The van der Waals surface area contributed by atoms with Gasteiger partial charge >= 0.3 is 0 Å². The summed E-state index contributed by atoms with van der Waals surface area (Å²) in [6.45, 7) is 2.88. The standard InChI is InChI=1S/C22H26N2O2/c1-25-9-10-26-15-17-11-19-13-20(18-5-3-2-4-6-18)24-22(19)21(12-17)23-14-16-7-8-16/h2-6,11-13,16,23-24H,7-10,14-15H2,1H3. The van der Waals surface area contributed by atoms with E-state index in [1.54, 1.807) is 7.11 Å². The molecule has 0 bridgehead atoms. The molecule has 0 amide bonds. The van der Waals surface area contributed by atoms with Gasteiger partial charge < -0.3 is 19.8 Å². The summed E-state index contributed by atoms with van der Waals surface area (Å²) in [6, 6.07) is 17.1. The van der Waals surface area contributed by atoms with Gasteiger partial charge in [-0.3, -0.25) is 0 Å². The van der Waals surface area contributed by atoms with Gasteiger partial charge in [-0.1, -0.05) is 30.3 Å². The van der Waals surface area contributed by atoms with E-state index in [1.165, 1.54) is 40.6 Å². The van der Waals surface area contributed by atoms with Crippen LogP contribution in [0.5, 0.6) is 0 Å². The number of methoxy groups -OCH3 is 1. The molecule has 0 unspecified atom stereocenters. The summed E-state index contributed by atoms with van der Waals surface area (Å²) in [7, 11) is 1.69. The third-order valence-corrected chi connectivity index (χ3v) is 4.85. The molecule has 1 aliphatic rings. The Labute approximate surface area is 154 Å². The number of fused-ring (bicyclic) bond motifs is 1. The average molecular weight is 350 g/mol. The van der Waals surface area contributed by atoms with Crippen LogP contribution in [0.2, 0.25) is 0 Å². The number of benzene rings is 2. The molecular weight excluding hydrogens is 324 g/mol. The molecule has 1 saturated carbocycles. The molecule has 1 aromatic heterocycles. The van der Waals surface area contributed by atoms with Crippen molar-refractivity contribution in [2.24, 2.45) is 5.92 Å². The lowest BCUT2D eigenvalue weighted by Crippen LogP contribution is -2.05. The highest BCUT2D eigenvalue weighted by atomic mass is 16.5. The summed E-state index contributed by atoms with van der Waals surface area (Å²) in [5, 5.41) is 4.86. The third kappa shape index (κ3) is 4.09. The number of hydrogen-bond acceptors (Lipinski definition) is 3. The van der Waals surface area contributed by atoms with Crippen LogP contribution in [0.3, 0.4) is 0 Å². The van der Waals surface area contributed by atoms with Crippen LogP contribution in [0.1, 0.15) is 18.4 Å². The average Bonchev–Trinajstić information content (AvgIpc) is 3.40. The maximum atomic E-state index is 5.73. The van der Waals surface area contributed by atoms with Gasteiger partial charge in [0.25, 0.3) is 0 Å². The molecule has 0 atom stereocenters. The summed E-state index contributed by atoms with van der Waals surface area (Å²) in [5.74, 6) is 0.829. The molecule has 1 fully saturated rings. The highest BCUT2D eigenvalue weighted by molar-refractivity contribution is 5.95. The molecule has 4 heteroatoms. The maximum absolute atomic E-state index is 5.73. The van der Waals surface area contributed by atoms with Gasteiger partial charge in [0.1, 0.15) is 0 Å². The van der Waals surface area contributed by atoms with E-state index in [0.717, 1.165) is 18.2 Å². The van der Waals surface area contributed by atoms with Crippen LogP contribution in [0, 0.1) is 5.92 Å². The van der Waals surface area contributed by atoms with Crippen molar-refractivity contribution in [3.63, 3.8) is 0 Å². The molecule has 1 heterocycles. The quantitative estimate of drug-likeness (QED) is 0.544. The zero-order valence-electron chi connectivity index (χ0n) is 15.3. The number of hydrogen-bond donors (Lipinski definition) is 2. The predicted octanol–water partition coefficient (Wildman–Crippen LogP) is 4.82. The number of ether oxygens (including phenoxy) is 2. The van der Waals surface area contributed by atoms with Crippen molar-refractivity contribution in [2.75, 3.05) is 32.2 Å². The van der Waals surface area contributed by atoms with Crippen molar-refractivity contribution >= 4 is 16.6 Å². The smallest absolute Gasteiger partial charge is 0.0719 e. The van der Waals surface area contributed by atoms with Crippen LogP contribution in [0.15, 0.2) is 48.5 Å². The first kappa shape index (κ1) is 17.1. The van der Waals surface area contributed by atoms with Crippen molar-refractivity contribution in [2.45, 2.75) is 19.4 Å². The first-order valence-corrected chi connectivity index (χ1v) is 9.35. The molecule has 0 radical (unpaired) electrons. The Bertz CT molecular complexity index is 853. The Kier molecular flexibility index (Phi) is 5.23. The van der Waals surface area contributed by atoms with Crippen LogP contribution in [0.25, 0.3) is 22.2 Å². The Morgan fingerprint density at radius 3 is 2.69 bits per heavy atom. The largest absolute Gasteiger partial charge is 0.383 e. The molecule has 2 aromatic carbocycles. The van der Waals surface area contributed by atoms with Gasteiger partial charge in [0.2, 0.25) is 0 Å². The zero-order valence-corrected chi connectivity index (χ0v) is 15.3. The van der Waals surface area contributed by atoms with E-state index in [-0.39, 0.29) is 0 Å². The van der Waals surface area contributed by atoms with Crippen LogP contribution in [0.4, 0.5) is 5.69 Å². The highest BCUT2D eigenvalue weighted by Gasteiger charge is 2.21. The molecule has 136 valence electrons. The van der Waals surface area contributed by atoms with Gasteiger partial charge in [-0.2, -0.15) is 0 Å². The van der Waals surface area contributed by atoms with E-state index >= 15 is 0 Å². The van der Waals surface area contributed by atoms with E-state index in [4.69, 9.17) is 9.47 Å². The Hall–Kier alpha value is -2.30. The lowest BCUT2D eigenvalue weighted by molar-refractivity contribution is 0.0617. The van der Waals surface area contributed by atoms with E-state index in [0.29, 0.717) is 19.8 Å². The fourth-order valence-corrected chi connectivity index (χ4v) is 3.21. The molecular formula is C22H26N2O2. The number of H-pyrrole nitrogens is 1. The van der Waals surface area contributed by atoms with Crippen molar-refractivity contribution in [3.8, 4) is 11.3 Å². The van der Waals surface area contributed by atoms with E-state index < -0.39 is 0 Å². The second-order valence-electron chi connectivity index (χ2n) is 7.03. The van der Waals surface area contributed by atoms with E-state index in [2.05, 4.69) is 52.8 Å². The Morgan fingerprint density at radius 2 is 1.92 bits per heavy atom. The second kappa shape index (κ2) is 7.94. The first-order valence-electron chi connectivity index (χ1n) is 9.35. The number of rotatable bonds is 9. The number of nitrogens with one attached hydrogen (secondary N) is 2. The molecule has 4 nitrogen and oxygen atoms in total. The fourth-order valence-electron chi connectivity index (χ4n) is 3.21. The van der Waals surface area contributed by atoms with Gasteiger partial charge in [-0.05, 0) is 48.1 Å². The van der Waals surface area contributed by atoms with Crippen molar-refractivity contribution < 1.29 is 9.47 Å². The molecule has 3 aromatic rings. The van der Waals surface area contributed by atoms with Crippen LogP contribution < -0.4 is 5.32 Å². The molecule has 2 N–H and O–H groups in total. The van der Waals surface area contributed by atoms with Crippen LogP contribution >= 0.6 is 0 Å². The summed E-state index contributed by atoms with van der Waals surface area (Å²) < 4.78 is 10.8. The fraction of sp³-hybridized carbons (Fsp3) is 0.364. The monoisotopic (exact) mass is 350 g/mol. The summed E-state index contributed by atoms with van der Waals surface area (Å²) in [5.41, 5.74) is 5.87. The topological polar surface area (TPSA) is 46.3 Å². The maximum Gasteiger partial charge on any atom is 0.0719 e. The minimum atomic E-state index is 0.600. The van der Waals surface area contributed by atoms with Crippen LogP contribution in [-0.2, 0) is 16.1 Å². The van der Waals surface area contributed by atoms with Gasteiger partial charge in [-0.15, -0.1) is 0 Å². The van der Waals surface area contributed by atoms with E-state index in [1.807, 2.05) is 6.07 Å². The van der Waals surface area contributed by atoms with Crippen molar-refractivity contribution in [3.05, 3.63) is 54.1 Å². The molecule has 26 heavy (non-hydrogen) atoms. The van der Waals surface area contributed by atoms with E-state index in [9.17, 15) is 0 Å². The molecule has 0 saturated heterocycles. The van der Waals surface area contributed by atoms with Crippen molar-refractivity contribution in [1.29, 1.82) is 0 Å². The summed E-state index contributed by atoms with van der Waals surface area (Å²) >= 11 is 0. The minimum Gasteiger partial charge on any atom is -0.383 e. The van der Waals surface area contributed by atoms with Crippen LogP contribution in [-0.4, -0.2) is 31.9 Å². The normalized spacial score (nSPS) is 14.0. The lowest BCUT2D eigenvalue weighted by Gasteiger charge is -2.11. The first-order chi connectivity index (χ1) is 12.8. The number of aromatic nitrogens is 1. The number of aromatic amines is 1. The van der Waals surface area contributed by atoms with Gasteiger partial charge in [0.05, 0.1) is 31.0 Å². The Morgan fingerprint density at radius 1 is 1.08 bits per heavy atom.